The Kier molecular flexibility index (Phi) is 4.66. The lowest BCUT2D eigenvalue weighted by atomic mass is 9.46. The summed E-state index contributed by atoms with van der Waals surface area (Å²) in [6.45, 7) is 5.76. The van der Waals surface area contributed by atoms with Crippen molar-refractivity contribution in [3.8, 4) is 11.8 Å². The van der Waals surface area contributed by atoms with E-state index in [0.717, 1.165) is 44.1 Å². The number of carbonyl (C=O) groups is 2. The van der Waals surface area contributed by atoms with E-state index in [1.165, 1.54) is 16.0 Å². The molecule has 0 unspecified atom stereocenters. The lowest BCUT2D eigenvalue weighted by Crippen LogP contribution is -2.60. The monoisotopic (exact) mass is 460 g/mol. The number of thioether (sulfide) groups is 1. The number of rotatable bonds is 1. The van der Waals surface area contributed by atoms with Gasteiger partial charge in [-0.15, -0.1) is 17.7 Å². The molecule has 0 amide bonds. The Morgan fingerprint density at radius 3 is 2.79 bits per heavy atom. The van der Waals surface area contributed by atoms with Gasteiger partial charge >= 0.3 is 0 Å². The average molecular weight is 461 g/mol. The summed E-state index contributed by atoms with van der Waals surface area (Å²) >= 11 is 1.94. The minimum atomic E-state index is -0.937. The number of fused-ring (bicyclic) bond motifs is 4. The molecule has 33 heavy (non-hydrogen) atoms. The second kappa shape index (κ2) is 7.09. The Labute approximate surface area is 200 Å². The van der Waals surface area contributed by atoms with Crippen molar-refractivity contribution < 1.29 is 14.7 Å². The van der Waals surface area contributed by atoms with E-state index in [4.69, 9.17) is 0 Å². The molecule has 0 radical (unpaired) electrons. The van der Waals surface area contributed by atoms with Crippen molar-refractivity contribution in [3.05, 3.63) is 41.0 Å². The predicted molar refractivity (Wildman–Crippen MR) is 130 cm³/mol. The van der Waals surface area contributed by atoms with Gasteiger partial charge in [0.25, 0.3) is 0 Å². The zero-order valence-corrected chi connectivity index (χ0v) is 20.6. The minimum Gasteiger partial charge on any atom is -0.377 e. The molecule has 172 valence electrons. The van der Waals surface area contributed by atoms with Crippen molar-refractivity contribution in [2.24, 2.45) is 23.2 Å². The Morgan fingerprint density at radius 2 is 2.03 bits per heavy atom. The van der Waals surface area contributed by atoms with E-state index in [1.54, 1.807) is 6.92 Å². The molecule has 3 fully saturated rings. The summed E-state index contributed by atoms with van der Waals surface area (Å²) < 4.78 is -0.0532. The van der Waals surface area contributed by atoms with Crippen molar-refractivity contribution >= 4 is 23.3 Å². The van der Waals surface area contributed by atoms with Crippen LogP contribution in [0.4, 0.5) is 0 Å². The molecule has 1 aliphatic heterocycles. The molecule has 4 heteroatoms. The number of hydrogen-bond acceptors (Lipinski definition) is 4. The summed E-state index contributed by atoms with van der Waals surface area (Å²) in [4.78, 5) is 25.8. The maximum absolute atomic E-state index is 12.4. The van der Waals surface area contributed by atoms with Crippen LogP contribution in [-0.2, 0) is 4.79 Å². The maximum Gasteiger partial charge on any atom is 0.159 e. The molecule has 1 aromatic carbocycles. The second-order valence-electron chi connectivity index (χ2n) is 11.3. The Balaban J connectivity index is 1.56. The fourth-order valence-corrected chi connectivity index (χ4v) is 10.4. The van der Waals surface area contributed by atoms with Crippen LogP contribution in [0.25, 0.3) is 0 Å². The van der Waals surface area contributed by atoms with Crippen molar-refractivity contribution in [3.63, 3.8) is 0 Å². The van der Waals surface area contributed by atoms with Crippen molar-refractivity contribution in [2.75, 3.05) is 0 Å². The maximum atomic E-state index is 12.4. The van der Waals surface area contributed by atoms with Gasteiger partial charge in [0.1, 0.15) is 5.60 Å². The second-order valence-corrected chi connectivity index (χ2v) is 12.6. The van der Waals surface area contributed by atoms with Crippen LogP contribution in [0.15, 0.2) is 34.7 Å². The van der Waals surface area contributed by atoms with E-state index in [1.807, 2.05) is 30.8 Å². The van der Waals surface area contributed by atoms with Gasteiger partial charge < -0.3 is 5.11 Å². The largest absolute Gasteiger partial charge is 0.377 e. The molecule has 4 aliphatic carbocycles. The standard InChI is InChI=1S/C29H32O3S/c1-4-11-28(32)12-10-24-22-8-6-19-15-20(31)9-13-29(19)26(22)23(16-27(24,28)3)21-7-5-18(17(2)30)14-25(21)33-29/h5,7,14-15,22-24,26,32H,6,8-10,12-13,16H2,1-3H3/t22-,23+,24-,26+,27-,28-,29+/m0/s1. The lowest BCUT2D eigenvalue weighted by Gasteiger charge is -2.64. The first kappa shape index (κ1) is 21.7. The molecule has 3 saturated carbocycles. The number of ketones is 2. The predicted octanol–water partition coefficient (Wildman–Crippen LogP) is 5.71. The van der Waals surface area contributed by atoms with Crippen LogP contribution in [0.2, 0.25) is 0 Å². The van der Waals surface area contributed by atoms with Gasteiger partial charge in [-0.3, -0.25) is 9.59 Å². The molecular formula is C29H32O3S. The summed E-state index contributed by atoms with van der Waals surface area (Å²) in [5.74, 6) is 8.40. The molecule has 1 aromatic rings. The number of aliphatic hydroxyl groups is 1. The molecule has 7 atom stereocenters. The highest BCUT2D eigenvalue weighted by Gasteiger charge is 2.68. The van der Waals surface area contributed by atoms with E-state index < -0.39 is 5.60 Å². The third-order valence-corrected chi connectivity index (χ3v) is 11.7. The minimum absolute atomic E-state index is 0.0532. The van der Waals surface area contributed by atoms with Crippen LogP contribution in [-0.4, -0.2) is 27.0 Å². The quantitative estimate of drug-likeness (QED) is 0.431. The van der Waals surface area contributed by atoms with Crippen LogP contribution < -0.4 is 0 Å². The van der Waals surface area contributed by atoms with E-state index in [9.17, 15) is 14.7 Å². The Hall–Kier alpha value is -1.83. The summed E-state index contributed by atoms with van der Waals surface area (Å²) in [6.07, 6.45) is 8.24. The molecule has 1 N–H and O–H groups in total. The molecule has 0 saturated heterocycles. The van der Waals surface area contributed by atoms with Crippen LogP contribution in [0.1, 0.15) is 87.6 Å². The highest BCUT2D eigenvalue weighted by Crippen LogP contribution is 2.73. The smallest absolute Gasteiger partial charge is 0.159 e. The fraction of sp³-hybridized carbons (Fsp3) is 0.586. The first-order chi connectivity index (χ1) is 15.7. The molecule has 0 aromatic heterocycles. The highest BCUT2D eigenvalue weighted by molar-refractivity contribution is 8.01. The van der Waals surface area contributed by atoms with Gasteiger partial charge in [-0.2, -0.15) is 0 Å². The number of Topliss-reactive ketones (excluding diaryl/α,β-unsaturated/α-hetero) is 1. The van der Waals surface area contributed by atoms with Crippen LogP contribution in [0, 0.1) is 35.0 Å². The third kappa shape index (κ3) is 2.76. The molecule has 3 nitrogen and oxygen atoms in total. The topological polar surface area (TPSA) is 54.4 Å². The Bertz CT molecular complexity index is 1170. The SMILES string of the molecule is CC#C[C@]1(O)CC[C@H]2[C@@H]3CCC4=CC(=O)CC[C@@]45Sc4cc(C(C)=O)ccc4[C@@H](C[C@@]21C)[C@@H]35. The van der Waals surface area contributed by atoms with E-state index >= 15 is 0 Å². The van der Waals surface area contributed by atoms with Crippen LogP contribution in [0.5, 0.6) is 0 Å². The average Bonchev–Trinajstić information content (AvgIpc) is 3.04. The molecule has 1 heterocycles. The van der Waals surface area contributed by atoms with Crippen molar-refractivity contribution in [2.45, 2.75) is 86.9 Å². The molecule has 1 spiro atoms. The fourth-order valence-electron chi connectivity index (χ4n) is 8.56. The number of benzene rings is 1. The van der Waals surface area contributed by atoms with Gasteiger partial charge in [0, 0.05) is 27.0 Å². The summed E-state index contributed by atoms with van der Waals surface area (Å²) in [5, 5.41) is 11.8. The number of carbonyl (C=O) groups excluding carboxylic acids is 2. The summed E-state index contributed by atoms with van der Waals surface area (Å²) in [6, 6.07) is 6.26. The highest BCUT2D eigenvalue weighted by atomic mass is 32.2. The molecular weight excluding hydrogens is 428 g/mol. The first-order valence-corrected chi connectivity index (χ1v) is 13.3. The third-order valence-electron chi connectivity index (χ3n) is 9.99. The first-order valence-electron chi connectivity index (χ1n) is 12.5. The van der Waals surface area contributed by atoms with Crippen molar-refractivity contribution in [1.82, 2.24) is 0 Å². The van der Waals surface area contributed by atoms with Crippen LogP contribution >= 0.6 is 11.8 Å². The molecule has 5 aliphatic rings. The summed E-state index contributed by atoms with van der Waals surface area (Å²) in [5.41, 5.74) is 2.25. The van der Waals surface area contributed by atoms with Gasteiger partial charge in [-0.05, 0) is 99.3 Å². The Morgan fingerprint density at radius 1 is 1.21 bits per heavy atom. The van der Waals surface area contributed by atoms with Gasteiger partial charge in [-0.1, -0.05) is 25.0 Å². The number of hydrogen-bond donors (Lipinski definition) is 1. The zero-order chi connectivity index (χ0) is 23.2. The van der Waals surface area contributed by atoms with E-state index in [2.05, 4.69) is 30.9 Å². The molecule has 6 rings (SSSR count). The van der Waals surface area contributed by atoms with Gasteiger partial charge in [0.15, 0.2) is 11.6 Å². The van der Waals surface area contributed by atoms with Crippen molar-refractivity contribution in [1.29, 1.82) is 0 Å². The van der Waals surface area contributed by atoms with Crippen LogP contribution in [0.3, 0.4) is 0 Å². The van der Waals surface area contributed by atoms with Gasteiger partial charge in [0.2, 0.25) is 0 Å². The normalized spacial score (nSPS) is 42.7. The van der Waals surface area contributed by atoms with Gasteiger partial charge in [0.05, 0.1) is 0 Å². The lowest BCUT2D eigenvalue weighted by molar-refractivity contribution is -0.116. The molecule has 0 bridgehead atoms. The van der Waals surface area contributed by atoms with E-state index in [0.29, 0.717) is 30.1 Å². The summed E-state index contributed by atoms with van der Waals surface area (Å²) in [7, 11) is 0. The zero-order valence-electron chi connectivity index (χ0n) is 19.7. The van der Waals surface area contributed by atoms with E-state index in [-0.39, 0.29) is 21.7 Å². The van der Waals surface area contributed by atoms with Gasteiger partial charge in [-0.25, -0.2) is 0 Å².